The van der Waals surface area contributed by atoms with Crippen LogP contribution in [0.25, 0.3) is 0 Å². The summed E-state index contributed by atoms with van der Waals surface area (Å²) in [7, 11) is 0. The van der Waals surface area contributed by atoms with E-state index in [9.17, 15) is 0 Å². The molecule has 84 valence electrons. The van der Waals surface area contributed by atoms with Crippen molar-refractivity contribution in [2.75, 3.05) is 40.0 Å². The molecule has 0 aliphatic carbocycles. The van der Waals surface area contributed by atoms with Crippen LogP contribution in [0.15, 0.2) is 11.6 Å². The first-order valence-electron chi connectivity index (χ1n) is 5.16. The Morgan fingerprint density at radius 1 is 1.00 bits per heavy atom. The van der Waals surface area contributed by atoms with E-state index in [2.05, 4.69) is 14.7 Å². The van der Waals surface area contributed by atoms with Crippen LogP contribution in [0.2, 0.25) is 0 Å². The van der Waals surface area contributed by atoms with Crippen molar-refractivity contribution in [2.24, 2.45) is 0 Å². The summed E-state index contributed by atoms with van der Waals surface area (Å²) >= 11 is 12.0. The quantitative estimate of drug-likeness (QED) is 0.408. The highest BCUT2D eigenvalue weighted by Gasteiger charge is 2.51. The van der Waals surface area contributed by atoms with Gasteiger partial charge in [0.15, 0.2) is 5.50 Å². The number of alkyl halides is 1. The van der Waals surface area contributed by atoms with E-state index in [0.29, 0.717) is 0 Å². The number of hydrogen-bond acceptors (Lipinski definition) is 3. The van der Waals surface area contributed by atoms with Crippen LogP contribution in [0.4, 0.5) is 0 Å². The van der Waals surface area contributed by atoms with Crippen LogP contribution in [-0.4, -0.2) is 64.7 Å². The van der Waals surface area contributed by atoms with Gasteiger partial charge in [-0.25, -0.2) is 14.7 Å². The SMILES string of the molecule is ClC=CC(Cl)[N+]12CN3CN(CN(C3)C1)C2. The number of rotatable bonds is 2. The Labute approximate surface area is 99.8 Å². The molecule has 0 spiro atoms. The Kier molecular flexibility index (Phi) is 2.47. The minimum Gasteiger partial charge on any atom is -0.267 e. The molecule has 0 amide bonds. The fourth-order valence-corrected chi connectivity index (χ4v) is 3.53. The highest BCUT2D eigenvalue weighted by atomic mass is 35.5. The van der Waals surface area contributed by atoms with Crippen LogP contribution in [0, 0.1) is 0 Å². The van der Waals surface area contributed by atoms with Gasteiger partial charge in [0.25, 0.3) is 0 Å². The highest BCUT2D eigenvalue weighted by Crippen LogP contribution is 2.32. The standard InChI is InChI=1S/C9H15Cl2N4/c10-2-1-9(11)15-6-12-3-13(7-15)5-14(4-12)8-15/h1-2,9H,3-8H2/q+1. The summed E-state index contributed by atoms with van der Waals surface area (Å²) in [6, 6.07) is 0. The lowest BCUT2D eigenvalue weighted by atomic mass is 10.3. The highest BCUT2D eigenvalue weighted by molar-refractivity contribution is 6.26. The fraction of sp³-hybridized carbons (Fsp3) is 0.778. The third-order valence-corrected chi connectivity index (χ3v) is 4.10. The van der Waals surface area contributed by atoms with Crippen LogP contribution < -0.4 is 0 Å². The molecule has 4 heterocycles. The van der Waals surface area contributed by atoms with Crippen LogP contribution in [-0.2, 0) is 0 Å². The molecular formula is C9H15Cl2N4+. The van der Waals surface area contributed by atoms with Gasteiger partial charge < -0.3 is 0 Å². The molecule has 0 radical (unpaired) electrons. The van der Waals surface area contributed by atoms with Crippen molar-refractivity contribution in [3.05, 3.63) is 11.6 Å². The molecule has 4 aliphatic rings. The van der Waals surface area contributed by atoms with E-state index in [-0.39, 0.29) is 5.50 Å². The summed E-state index contributed by atoms with van der Waals surface area (Å²) in [6.45, 7) is 6.40. The van der Waals surface area contributed by atoms with Gasteiger partial charge in [0.05, 0.1) is 20.0 Å². The zero-order chi connectivity index (χ0) is 10.5. The maximum atomic E-state index is 6.42. The summed E-state index contributed by atoms with van der Waals surface area (Å²) in [5.41, 5.74) is 1.52. The average molecular weight is 250 g/mol. The van der Waals surface area contributed by atoms with Crippen molar-refractivity contribution >= 4 is 23.2 Å². The molecule has 6 heteroatoms. The number of hydrogen-bond donors (Lipinski definition) is 0. The zero-order valence-electron chi connectivity index (χ0n) is 8.52. The Bertz CT molecular complexity index is 259. The van der Waals surface area contributed by atoms with Crippen LogP contribution in [0.3, 0.4) is 0 Å². The van der Waals surface area contributed by atoms with Gasteiger partial charge in [0.2, 0.25) is 0 Å². The Hall–Kier alpha value is 0.160. The molecule has 0 saturated carbocycles. The molecule has 15 heavy (non-hydrogen) atoms. The minimum atomic E-state index is -0.0177. The lowest BCUT2D eigenvalue weighted by Gasteiger charge is -2.61. The predicted octanol–water partition coefficient (Wildman–Crippen LogP) is 0.812. The molecule has 4 nitrogen and oxygen atoms in total. The normalized spacial score (nSPS) is 50.1. The molecule has 4 aliphatic heterocycles. The van der Waals surface area contributed by atoms with Gasteiger partial charge in [0, 0.05) is 11.6 Å². The van der Waals surface area contributed by atoms with Crippen LogP contribution in [0.1, 0.15) is 0 Å². The second-order valence-electron chi connectivity index (χ2n) is 4.77. The first-order valence-corrected chi connectivity index (χ1v) is 6.03. The first kappa shape index (κ1) is 10.3. The third kappa shape index (κ3) is 1.60. The van der Waals surface area contributed by atoms with Crippen molar-refractivity contribution in [3.8, 4) is 0 Å². The molecule has 0 aromatic rings. The van der Waals surface area contributed by atoms with Crippen molar-refractivity contribution < 1.29 is 4.48 Å². The van der Waals surface area contributed by atoms with Crippen LogP contribution >= 0.6 is 23.2 Å². The number of halogens is 2. The van der Waals surface area contributed by atoms with Gasteiger partial charge in [-0.2, -0.15) is 0 Å². The predicted molar refractivity (Wildman–Crippen MR) is 59.6 cm³/mol. The molecular weight excluding hydrogens is 235 g/mol. The third-order valence-electron chi connectivity index (χ3n) is 3.40. The zero-order valence-corrected chi connectivity index (χ0v) is 10.0. The van der Waals surface area contributed by atoms with Crippen molar-refractivity contribution in [3.63, 3.8) is 0 Å². The molecule has 1 unspecified atom stereocenters. The first-order chi connectivity index (χ1) is 7.22. The molecule has 0 aromatic heterocycles. The maximum absolute atomic E-state index is 6.42. The largest absolute Gasteiger partial charge is 0.267 e. The average Bonchev–Trinajstić information content (AvgIpc) is 2.15. The summed E-state index contributed by atoms with van der Waals surface area (Å²) in [6.07, 6.45) is 1.89. The van der Waals surface area contributed by atoms with Crippen molar-refractivity contribution in [1.82, 2.24) is 14.7 Å². The second kappa shape index (κ2) is 3.58. The van der Waals surface area contributed by atoms with Gasteiger partial charge in [-0.1, -0.05) is 23.2 Å². The lowest BCUT2D eigenvalue weighted by Crippen LogP contribution is -2.80. The Morgan fingerprint density at radius 2 is 1.47 bits per heavy atom. The summed E-state index contributed by atoms with van der Waals surface area (Å²) in [5, 5.41) is 0. The van der Waals surface area contributed by atoms with Crippen molar-refractivity contribution in [1.29, 1.82) is 0 Å². The van der Waals surface area contributed by atoms with Gasteiger partial charge in [-0.15, -0.1) is 0 Å². The molecule has 1 atom stereocenters. The van der Waals surface area contributed by atoms with E-state index >= 15 is 0 Å². The summed E-state index contributed by atoms with van der Waals surface area (Å²) in [5.74, 6) is 0. The second-order valence-corrected chi connectivity index (χ2v) is 5.47. The van der Waals surface area contributed by atoms with Gasteiger partial charge >= 0.3 is 0 Å². The van der Waals surface area contributed by atoms with Crippen LogP contribution in [0.5, 0.6) is 0 Å². The molecule has 4 rings (SSSR count). The topological polar surface area (TPSA) is 9.72 Å². The van der Waals surface area contributed by atoms with E-state index in [1.165, 1.54) is 5.54 Å². The Balaban J connectivity index is 1.86. The smallest absolute Gasteiger partial charge is 0.188 e. The molecule has 4 bridgehead atoms. The minimum absolute atomic E-state index is 0.0177. The van der Waals surface area contributed by atoms with Gasteiger partial charge in [0.1, 0.15) is 20.0 Å². The molecule has 4 saturated heterocycles. The summed E-state index contributed by atoms with van der Waals surface area (Å²) in [4.78, 5) is 7.32. The lowest BCUT2D eigenvalue weighted by molar-refractivity contribution is -0.985. The number of quaternary nitrogens is 1. The van der Waals surface area contributed by atoms with E-state index in [4.69, 9.17) is 23.2 Å². The van der Waals surface area contributed by atoms with Gasteiger partial charge in [-0.05, 0) is 0 Å². The maximum Gasteiger partial charge on any atom is 0.188 e. The monoisotopic (exact) mass is 249 g/mol. The van der Waals surface area contributed by atoms with E-state index in [0.717, 1.165) is 44.5 Å². The summed E-state index contributed by atoms with van der Waals surface area (Å²) < 4.78 is 0.894. The van der Waals surface area contributed by atoms with Gasteiger partial charge in [-0.3, -0.25) is 4.48 Å². The van der Waals surface area contributed by atoms with Crippen molar-refractivity contribution in [2.45, 2.75) is 5.50 Å². The Morgan fingerprint density at radius 3 is 1.87 bits per heavy atom. The fourth-order valence-electron chi connectivity index (χ4n) is 3.06. The van der Waals surface area contributed by atoms with E-state index in [1.807, 2.05) is 6.08 Å². The van der Waals surface area contributed by atoms with E-state index < -0.39 is 0 Å². The number of nitrogens with zero attached hydrogens (tertiary/aromatic N) is 4. The molecule has 0 aromatic carbocycles. The van der Waals surface area contributed by atoms with E-state index in [1.54, 1.807) is 0 Å². The molecule has 4 fully saturated rings. The molecule has 0 N–H and O–H groups in total.